The topological polar surface area (TPSA) is 128 Å². The molecule has 0 radical (unpaired) electrons. The van der Waals surface area contributed by atoms with E-state index in [0.717, 1.165) is 28.0 Å². The molecule has 0 saturated heterocycles. The van der Waals surface area contributed by atoms with Gasteiger partial charge in [-0.1, -0.05) is 12.1 Å². The van der Waals surface area contributed by atoms with Gasteiger partial charge in [0.05, 0.1) is 33.1 Å². The molecule has 228 valence electrons. The smallest absolute Gasteiger partial charge is 0.242 e. The van der Waals surface area contributed by atoms with E-state index in [1.807, 2.05) is 30.5 Å². The average molecular weight is 607 g/mol. The maximum Gasteiger partial charge on any atom is 0.242 e. The number of thioether (sulfide) groups is 1. The van der Waals surface area contributed by atoms with Gasteiger partial charge < -0.3 is 30.2 Å². The molecule has 2 atom stereocenters. The van der Waals surface area contributed by atoms with Crippen molar-refractivity contribution in [2.45, 2.75) is 44.8 Å². The second-order valence-corrected chi connectivity index (χ2v) is 11.1. The highest BCUT2D eigenvalue weighted by atomic mass is 32.2. The van der Waals surface area contributed by atoms with Gasteiger partial charge in [0.15, 0.2) is 11.5 Å². The molecule has 3 N–H and O–H groups in total. The van der Waals surface area contributed by atoms with Crippen LogP contribution in [-0.4, -0.2) is 56.2 Å². The second kappa shape index (κ2) is 14.8. The van der Waals surface area contributed by atoms with Gasteiger partial charge >= 0.3 is 0 Å². The zero-order valence-corrected chi connectivity index (χ0v) is 25.9. The third-order valence-corrected chi connectivity index (χ3v) is 8.01. The van der Waals surface area contributed by atoms with Crippen molar-refractivity contribution in [1.82, 2.24) is 15.6 Å². The first-order chi connectivity index (χ1) is 20.8. The summed E-state index contributed by atoms with van der Waals surface area (Å²) in [5.74, 6) is 1.73. The van der Waals surface area contributed by atoms with E-state index in [1.165, 1.54) is 6.92 Å². The monoisotopic (exact) mass is 606 g/mol. The molecule has 1 aliphatic rings. The van der Waals surface area contributed by atoms with E-state index in [4.69, 9.17) is 14.2 Å². The van der Waals surface area contributed by atoms with Gasteiger partial charge in [0.1, 0.15) is 6.04 Å². The Morgan fingerprint density at radius 1 is 1.09 bits per heavy atom. The number of aromatic nitrogens is 1. The number of pyridine rings is 1. The van der Waals surface area contributed by atoms with E-state index in [0.29, 0.717) is 48.6 Å². The van der Waals surface area contributed by atoms with Crippen LogP contribution in [0.2, 0.25) is 0 Å². The fourth-order valence-electron chi connectivity index (χ4n) is 5.33. The van der Waals surface area contributed by atoms with E-state index in [2.05, 4.69) is 20.9 Å². The number of anilines is 1. The van der Waals surface area contributed by atoms with Gasteiger partial charge in [-0.15, -0.1) is 0 Å². The molecule has 0 spiro atoms. The molecular weight excluding hydrogens is 568 g/mol. The van der Waals surface area contributed by atoms with Crippen LogP contribution in [0.25, 0.3) is 11.1 Å². The molecule has 1 aromatic heterocycles. The fourth-order valence-corrected chi connectivity index (χ4v) is 5.81. The summed E-state index contributed by atoms with van der Waals surface area (Å²) in [6.45, 7) is 1.78. The molecule has 0 unspecified atom stereocenters. The number of amides is 2. The number of benzene rings is 1. The van der Waals surface area contributed by atoms with E-state index in [9.17, 15) is 14.4 Å². The maximum atomic E-state index is 13.7. The predicted octanol–water partition coefficient (Wildman–Crippen LogP) is 4.11. The molecule has 3 aromatic rings. The second-order valence-electron chi connectivity index (χ2n) is 10.2. The maximum absolute atomic E-state index is 13.7. The molecular formula is C32H38N4O6S. The zero-order chi connectivity index (χ0) is 30.9. The normalized spacial score (nSPS) is 14.3. The van der Waals surface area contributed by atoms with Gasteiger partial charge in [-0.3, -0.25) is 19.4 Å². The molecule has 43 heavy (non-hydrogen) atoms. The Morgan fingerprint density at radius 2 is 1.88 bits per heavy atom. The largest absolute Gasteiger partial charge is 0.493 e. The molecule has 10 nitrogen and oxygen atoms in total. The molecule has 0 saturated carbocycles. The first kappa shape index (κ1) is 31.7. The van der Waals surface area contributed by atoms with Crippen LogP contribution in [0.15, 0.2) is 53.6 Å². The number of hydrogen-bond acceptors (Lipinski definition) is 9. The van der Waals surface area contributed by atoms with E-state index in [1.54, 1.807) is 57.6 Å². The Balaban J connectivity index is 1.80. The molecule has 1 aliphatic carbocycles. The summed E-state index contributed by atoms with van der Waals surface area (Å²) >= 11 is 1.62. The van der Waals surface area contributed by atoms with Crippen molar-refractivity contribution in [2.75, 3.05) is 38.7 Å². The van der Waals surface area contributed by atoms with Crippen molar-refractivity contribution in [3.63, 3.8) is 0 Å². The van der Waals surface area contributed by atoms with Gasteiger partial charge in [0.2, 0.25) is 23.0 Å². The third-order valence-electron chi connectivity index (χ3n) is 7.36. The van der Waals surface area contributed by atoms with E-state index >= 15 is 0 Å². The van der Waals surface area contributed by atoms with Crippen LogP contribution >= 0.6 is 11.8 Å². The fraction of sp³-hybridized carbons (Fsp3) is 0.375. The first-order valence-electron chi connectivity index (χ1n) is 14.0. The zero-order valence-electron chi connectivity index (χ0n) is 25.1. The lowest BCUT2D eigenvalue weighted by Gasteiger charge is -2.19. The summed E-state index contributed by atoms with van der Waals surface area (Å²) in [4.78, 5) is 43.3. The lowest BCUT2D eigenvalue weighted by molar-refractivity contribution is -0.122. The Morgan fingerprint density at radius 3 is 2.53 bits per heavy atom. The molecule has 0 fully saturated rings. The SMILES string of the molecule is COc1cc2c(c(OC)c1OC)-c1ccc(N[C@@H](CCSC)C(=O)NCc3cccnc3)c(=O)cc1[C@@H](NC(C)=O)CC2. The summed E-state index contributed by atoms with van der Waals surface area (Å²) in [6, 6.07) is 9.62. The molecule has 0 aliphatic heterocycles. The van der Waals surface area contributed by atoms with Crippen molar-refractivity contribution in [1.29, 1.82) is 0 Å². The lowest BCUT2D eigenvalue weighted by atomic mass is 9.95. The van der Waals surface area contributed by atoms with Crippen LogP contribution in [0.3, 0.4) is 0 Å². The Labute approximate surface area is 255 Å². The predicted molar refractivity (Wildman–Crippen MR) is 169 cm³/mol. The Hall–Kier alpha value is -4.25. The molecule has 4 rings (SSSR count). The number of nitrogens with zero attached hydrogens (tertiary/aromatic N) is 1. The number of nitrogens with one attached hydrogen (secondary N) is 3. The standard InChI is InChI=1S/C32H38N4O6S/c1-19(37)35-24-10-8-21-15-28(40-2)30(41-3)31(42-4)29(21)22-9-11-25(27(38)16-23(22)24)36-26(12-14-43-5)32(39)34-18-20-7-6-13-33-17-20/h6-7,9,11,13,15-17,24,26H,8,10,12,14,18H2,1-5H3,(H,34,39)(H,35,37)(H,36,38)/t24-,26-/m0/s1. The van der Waals surface area contributed by atoms with Crippen LogP contribution in [0.4, 0.5) is 5.69 Å². The quantitative estimate of drug-likeness (QED) is 0.279. The lowest BCUT2D eigenvalue weighted by Crippen LogP contribution is -2.40. The molecule has 2 amide bonds. The summed E-state index contributed by atoms with van der Waals surface area (Å²) in [6.07, 6.45) is 7.02. The van der Waals surface area contributed by atoms with Gasteiger partial charge in [-0.05, 0) is 77.8 Å². The van der Waals surface area contributed by atoms with Gasteiger partial charge in [0, 0.05) is 31.4 Å². The van der Waals surface area contributed by atoms with Crippen molar-refractivity contribution in [3.8, 4) is 28.4 Å². The number of ether oxygens (including phenoxy) is 3. The van der Waals surface area contributed by atoms with Crippen LogP contribution < -0.4 is 35.6 Å². The van der Waals surface area contributed by atoms with Crippen LogP contribution in [0.5, 0.6) is 17.2 Å². The highest BCUT2D eigenvalue weighted by Gasteiger charge is 2.30. The third kappa shape index (κ3) is 7.40. The number of fused-ring (bicyclic) bond motifs is 3. The number of rotatable bonds is 12. The molecule has 2 aromatic carbocycles. The van der Waals surface area contributed by atoms with E-state index in [-0.39, 0.29) is 22.9 Å². The van der Waals surface area contributed by atoms with E-state index < -0.39 is 12.1 Å². The highest BCUT2D eigenvalue weighted by molar-refractivity contribution is 7.98. The number of aryl methyl sites for hydroxylation is 1. The Kier molecular flexibility index (Phi) is 10.9. The van der Waals surface area contributed by atoms with Gasteiger partial charge in [0.25, 0.3) is 0 Å². The average Bonchev–Trinajstić information content (AvgIpc) is 3.25. The molecule has 11 heteroatoms. The number of methoxy groups -OCH3 is 3. The minimum atomic E-state index is -0.642. The highest BCUT2D eigenvalue weighted by Crippen LogP contribution is 2.50. The Bertz CT molecular complexity index is 1520. The van der Waals surface area contributed by atoms with Crippen LogP contribution in [0.1, 0.15) is 42.5 Å². The van der Waals surface area contributed by atoms with Crippen molar-refractivity contribution < 1.29 is 23.8 Å². The molecule has 0 bridgehead atoms. The van der Waals surface area contributed by atoms with Crippen LogP contribution in [0, 0.1) is 0 Å². The van der Waals surface area contributed by atoms with Crippen molar-refractivity contribution in [3.05, 3.63) is 75.7 Å². The number of hydrogen-bond donors (Lipinski definition) is 3. The number of carbonyl (C=O) groups excluding carboxylic acids is 2. The minimum absolute atomic E-state index is 0.205. The summed E-state index contributed by atoms with van der Waals surface area (Å²) in [5, 5.41) is 9.18. The van der Waals surface area contributed by atoms with Crippen molar-refractivity contribution in [2.24, 2.45) is 0 Å². The van der Waals surface area contributed by atoms with Crippen molar-refractivity contribution >= 4 is 29.3 Å². The summed E-state index contributed by atoms with van der Waals surface area (Å²) < 4.78 is 17.1. The van der Waals surface area contributed by atoms with Crippen LogP contribution in [-0.2, 0) is 22.6 Å². The molecule has 1 heterocycles. The van der Waals surface area contributed by atoms with Gasteiger partial charge in [-0.2, -0.15) is 11.8 Å². The number of carbonyl (C=O) groups is 2. The summed E-state index contributed by atoms with van der Waals surface area (Å²) in [5.41, 5.74) is 3.92. The van der Waals surface area contributed by atoms with Gasteiger partial charge in [-0.25, -0.2) is 0 Å². The summed E-state index contributed by atoms with van der Waals surface area (Å²) in [7, 11) is 4.67. The first-order valence-corrected chi connectivity index (χ1v) is 15.4. The minimum Gasteiger partial charge on any atom is -0.493 e.